The van der Waals surface area contributed by atoms with Crippen molar-refractivity contribution in [3.05, 3.63) is 6.42 Å². The summed E-state index contributed by atoms with van der Waals surface area (Å²) in [6, 6.07) is 0. The zero-order valence-corrected chi connectivity index (χ0v) is 24.0. The molecule has 0 heterocycles. The molecule has 6 nitrogen and oxygen atoms in total. The van der Waals surface area contributed by atoms with Crippen LogP contribution in [0.5, 0.6) is 0 Å². The first-order valence-corrected chi connectivity index (χ1v) is 13.9. The third kappa shape index (κ3) is 6.46. The smallest absolute Gasteiger partial charge is 0.726 e. The summed E-state index contributed by atoms with van der Waals surface area (Å²) >= 11 is 0. The van der Waals surface area contributed by atoms with Crippen molar-refractivity contribution in [2.75, 3.05) is 6.67 Å². The number of halogens is 1. The fraction of sp³-hybridized carbons (Fsp3) is 0.920. The van der Waals surface area contributed by atoms with Crippen molar-refractivity contribution in [1.29, 1.82) is 0 Å². The predicted molar refractivity (Wildman–Crippen MR) is 123 cm³/mol. The van der Waals surface area contributed by atoms with E-state index >= 15 is 0 Å². The Labute approximate surface area is 227 Å². The minimum absolute atomic E-state index is 0. The van der Waals surface area contributed by atoms with E-state index in [1.807, 2.05) is 0 Å². The van der Waals surface area contributed by atoms with Gasteiger partial charge in [0, 0.05) is 6.42 Å². The molecule has 0 radical (unpaired) electrons. The second kappa shape index (κ2) is 11.9. The number of ketones is 1. The van der Waals surface area contributed by atoms with Crippen LogP contribution in [0.1, 0.15) is 85.0 Å². The summed E-state index contributed by atoms with van der Waals surface area (Å²) in [5.74, 6) is 3.27. The van der Waals surface area contributed by atoms with Crippen LogP contribution < -0.4 is 29.6 Å². The minimum Gasteiger partial charge on any atom is -0.726 e. The van der Waals surface area contributed by atoms with E-state index < -0.39 is 17.1 Å². The number of aliphatic hydroxyl groups is 1. The fourth-order valence-corrected chi connectivity index (χ4v) is 8.64. The van der Waals surface area contributed by atoms with Crippen LogP contribution in [-0.4, -0.2) is 41.2 Å². The van der Waals surface area contributed by atoms with E-state index in [1.165, 1.54) is 44.9 Å². The Kier molecular flexibility index (Phi) is 10.7. The molecule has 9 atom stereocenters. The third-order valence-electron chi connectivity index (χ3n) is 10.2. The third-order valence-corrected chi connectivity index (χ3v) is 10.2. The first-order chi connectivity index (χ1) is 15.3. The summed E-state index contributed by atoms with van der Waals surface area (Å²) in [5, 5.41) is 11.3. The molecule has 192 valence electrons. The zero-order valence-electron chi connectivity index (χ0n) is 21.2. The van der Waals surface area contributed by atoms with Gasteiger partial charge in [-0.15, -0.1) is 0 Å². The number of Topliss-reactive ketones (excluding diaryl/α,β-unsaturated/α-hetero) is 1. The maximum Gasteiger partial charge on any atom is 1.00 e. The topological polar surface area (TPSA) is 115 Å². The predicted octanol–water partition coefficient (Wildman–Crippen LogP) is 1.78. The van der Waals surface area contributed by atoms with Gasteiger partial charge in [-0.05, 0) is 78.9 Å². The number of aliphatic hydroxyl groups excluding tert-OH is 1. The summed E-state index contributed by atoms with van der Waals surface area (Å²) in [4.78, 5) is 11.5. The molecule has 4 saturated carbocycles. The quantitative estimate of drug-likeness (QED) is 0.252. The molecule has 34 heavy (non-hydrogen) atoms. The van der Waals surface area contributed by atoms with Gasteiger partial charge in [0.2, 0.25) is 10.4 Å². The number of carbonyl (C=O) groups is 1. The molecular weight excluding hydrogens is 470 g/mol. The van der Waals surface area contributed by atoms with Crippen LogP contribution in [0.25, 0.3) is 0 Å². The van der Waals surface area contributed by atoms with Crippen molar-refractivity contribution in [3.63, 3.8) is 0 Å². The second-order valence-corrected chi connectivity index (χ2v) is 12.6. The van der Waals surface area contributed by atoms with Gasteiger partial charge in [-0.2, -0.15) is 12.8 Å². The van der Waals surface area contributed by atoms with E-state index in [0.717, 1.165) is 12.8 Å². The average Bonchev–Trinajstić information content (AvgIpc) is 3.08. The Hall–Kier alpha value is 0.430. The van der Waals surface area contributed by atoms with Crippen LogP contribution in [-0.2, 0) is 15.2 Å². The van der Waals surface area contributed by atoms with E-state index in [9.17, 15) is 14.3 Å². The van der Waals surface area contributed by atoms with Gasteiger partial charge in [0.15, 0.2) is 5.78 Å². The first kappa shape index (κ1) is 30.7. The van der Waals surface area contributed by atoms with Gasteiger partial charge < -0.3 is 16.1 Å². The van der Waals surface area contributed by atoms with Crippen molar-refractivity contribution < 1.29 is 61.4 Å². The number of carbonyl (C=O) groups excluding carboxylic acids is 1. The van der Waals surface area contributed by atoms with Gasteiger partial charge in [0.05, 0.1) is 6.10 Å². The van der Waals surface area contributed by atoms with Gasteiger partial charge in [-0.1, -0.05) is 33.1 Å². The number of alkyl halides is 1. The van der Waals surface area contributed by atoms with E-state index in [2.05, 4.69) is 27.2 Å². The van der Waals surface area contributed by atoms with Crippen molar-refractivity contribution in [2.24, 2.45) is 46.3 Å². The molecule has 0 bridgehead atoms. The van der Waals surface area contributed by atoms with E-state index in [-0.39, 0.29) is 46.9 Å². The minimum atomic E-state index is -4.92. The molecule has 0 aliphatic heterocycles. The molecule has 0 saturated heterocycles. The fourth-order valence-electron chi connectivity index (χ4n) is 8.64. The molecular formula is C25H41FNaO6S-. The average molecular weight is 512 g/mol. The Balaban J connectivity index is 0.000000619. The van der Waals surface area contributed by atoms with E-state index in [0.29, 0.717) is 47.3 Å². The van der Waals surface area contributed by atoms with Gasteiger partial charge in [0.25, 0.3) is 0 Å². The van der Waals surface area contributed by atoms with Gasteiger partial charge in [-0.3, -0.25) is 9.35 Å². The molecule has 4 rings (SSSR count). The standard InChI is InChI=1S/C25H40FO2.Na.H2O4S/c1-16(7-8-18(27)15-26)19-9-10-20-23-21(11-13-25(19,20)3)24(2)12-5-4-6-17(24)14-22(23)28;;1-5(2,3)4/h4,16-17,19-23,28H,5-15H2,1-3H3;;(H2,1,2,3,4)/q-1;+1;/p-1/t16-,17+,19-,20+,21+,22-,23+,24+,25-;;/m1../s1. The molecule has 0 unspecified atom stereocenters. The maximum absolute atomic E-state index is 12.6. The van der Waals surface area contributed by atoms with Crippen molar-refractivity contribution in [1.82, 2.24) is 0 Å². The largest absolute Gasteiger partial charge is 1.00 e. The Bertz CT molecular complexity index is 801. The Morgan fingerprint density at radius 1 is 1.18 bits per heavy atom. The SMILES string of the molecule is C[C@H](CCC(=O)CF)[C@H]1CC[C@H]2[C@@H]3[C@H](O)C[C@@H]4C[CH-]CC[C@]4(C)[C@H]3CC[C@]12C.O=S(=O)([O-])O.[Na+]. The van der Waals surface area contributed by atoms with Crippen LogP contribution in [0.15, 0.2) is 0 Å². The molecule has 4 aliphatic rings. The number of fused-ring (bicyclic) bond motifs is 5. The number of hydrogen-bond donors (Lipinski definition) is 2. The molecule has 4 fully saturated rings. The van der Waals surface area contributed by atoms with E-state index in [4.69, 9.17) is 17.5 Å². The summed E-state index contributed by atoms with van der Waals surface area (Å²) in [6.07, 6.45) is 13.2. The first-order valence-electron chi connectivity index (χ1n) is 12.6. The second-order valence-electron chi connectivity index (χ2n) is 11.7. The molecule has 9 heteroatoms. The molecule has 0 aromatic carbocycles. The molecule has 4 aliphatic carbocycles. The molecule has 0 aromatic heterocycles. The van der Waals surface area contributed by atoms with Gasteiger partial charge in [-0.25, -0.2) is 12.8 Å². The maximum atomic E-state index is 12.6. The summed E-state index contributed by atoms with van der Waals surface area (Å²) in [6.45, 7) is 6.48. The van der Waals surface area contributed by atoms with E-state index in [1.54, 1.807) is 0 Å². The van der Waals surface area contributed by atoms with Crippen molar-refractivity contribution >= 4 is 16.2 Å². The number of hydrogen-bond acceptors (Lipinski definition) is 5. The van der Waals surface area contributed by atoms with Crippen LogP contribution in [0.2, 0.25) is 0 Å². The van der Waals surface area contributed by atoms with Crippen LogP contribution in [0, 0.1) is 52.8 Å². The normalized spacial score (nSPS) is 42.1. The molecule has 0 spiro atoms. The molecule has 0 aromatic rings. The van der Waals surface area contributed by atoms with Crippen LogP contribution in [0.3, 0.4) is 0 Å². The number of rotatable bonds is 5. The van der Waals surface area contributed by atoms with Crippen molar-refractivity contribution in [3.8, 4) is 0 Å². The molecule has 0 amide bonds. The van der Waals surface area contributed by atoms with Crippen molar-refractivity contribution in [2.45, 2.75) is 91.1 Å². The summed E-state index contributed by atoms with van der Waals surface area (Å²) in [5.41, 5.74) is 0.696. The molecule has 2 N–H and O–H groups in total. The van der Waals surface area contributed by atoms with Gasteiger partial charge >= 0.3 is 29.6 Å². The van der Waals surface area contributed by atoms with Crippen LogP contribution in [0.4, 0.5) is 4.39 Å². The Morgan fingerprint density at radius 3 is 2.41 bits per heavy atom. The summed E-state index contributed by atoms with van der Waals surface area (Å²) < 4.78 is 45.4. The summed E-state index contributed by atoms with van der Waals surface area (Å²) in [7, 11) is -4.92. The Morgan fingerprint density at radius 2 is 1.79 bits per heavy atom. The van der Waals surface area contributed by atoms with Crippen LogP contribution >= 0.6 is 0 Å². The monoisotopic (exact) mass is 511 g/mol. The van der Waals surface area contributed by atoms with Gasteiger partial charge in [0.1, 0.15) is 6.67 Å². The zero-order chi connectivity index (χ0) is 24.6.